The number of aryl methyl sites for hydroxylation is 2. The number of benzene rings is 1. The number of furan rings is 1. The van der Waals surface area contributed by atoms with Crippen molar-refractivity contribution in [3.05, 3.63) is 55.9 Å². The van der Waals surface area contributed by atoms with Gasteiger partial charge in [-0.3, -0.25) is 0 Å². The summed E-state index contributed by atoms with van der Waals surface area (Å²) in [7, 11) is 1.97. The SMILES string of the molecule is CCc1occc1C(NC)c1cc(Br)c(C)cc1Br. The Kier molecular flexibility index (Phi) is 4.87. The van der Waals surface area contributed by atoms with Crippen LogP contribution in [0.4, 0.5) is 0 Å². The van der Waals surface area contributed by atoms with E-state index in [1.165, 1.54) is 16.7 Å². The van der Waals surface area contributed by atoms with Crippen molar-refractivity contribution in [1.29, 1.82) is 0 Å². The maximum absolute atomic E-state index is 5.54. The van der Waals surface area contributed by atoms with Gasteiger partial charge >= 0.3 is 0 Å². The molecule has 0 spiro atoms. The summed E-state index contributed by atoms with van der Waals surface area (Å²) >= 11 is 7.27. The van der Waals surface area contributed by atoms with E-state index in [9.17, 15) is 0 Å². The van der Waals surface area contributed by atoms with Crippen LogP contribution in [-0.2, 0) is 6.42 Å². The molecule has 0 bridgehead atoms. The molecular formula is C15H17Br2NO. The molecule has 19 heavy (non-hydrogen) atoms. The molecule has 0 aliphatic heterocycles. The first kappa shape index (κ1) is 14.8. The summed E-state index contributed by atoms with van der Waals surface area (Å²) in [5.41, 5.74) is 3.62. The summed E-state index contributed by atoms with van der Waals surface area (Å²) in [5.74, 6) is 1.03. The van der Waals surface area contributed by atoms with E-state index in [2.05, 4.69) is 63.2 Å². The lowest BCUT2D eigenvalue weighted by atomic mass is 9.97. The molecule has 4 heteroatoms. The Morgan fingerprint density at radius 1 is 1.21 bits per heavy atom. The maximum Gasteiger partial charge on any atom is 0.108 e. The monoisotopic (exact) mass is 385 g/mol. The van der Waals surface area contributed by atoms with Crippen LogP contribution in [0.3, 0.4) is 0 Å². The van der Waals surface area contributed by atoms with Crippen LogP contribution in [-0.4, -0.2) is 7.05 Å². The van der Waals surface area contributed by atoms with E-state index in [0.29, 0.717) is 0 Å². The Balaban J connectivity index is 2.51. The molecule has 1 heterocycles. The van der Waals surface area contributed by atoms with E-state index in [0.717, 1.165) is 21.1 Å². The zero-order valence-corrected chi connectivity index (χ0v) is 14.4. The largest absolute Gasteiger partial charge is 0.469 e. The number of hydrogen-bond donors (Lipinski definition) is 1. The maximum atomic E-state index is 5.54. The van der Waals surface area contributed by atoms with Gasteiger partial charge in [-0.2, -0.15) is 0 Å². The summed E-state index contributed by atoms with van der Waals surface area (Å²) in [6, 6.07) is 6.46. The number of halogens is 2. The van der Waals surface area contributed by atoms with Crippen LogP contribution >= 0.6 is 31.9 Å². The van der Waals surface area contributed by atoms with Crippen LogP contribution in [0.1, 0.15) is 35.4 Å². The lowest BCUT2D eigenvalue weighted by molar-refractivity contribution is 0.504. The van der Waals surface area contributed by atoms with Crippen LogP contribution in [0.15, 0.2) is 37.8 Å². The standard InChI is InChI=1S/C15H17Br2NO/c1-4-14-10(5-6-19-14)15(18-3)11-8-12(16)9(2)7-13(11)17/h5-8,15,18H,4H2,1-3H3. The van der Waals surface area contributed by atoms with Crippen molar-refractivity contribution in [2.75, 3.05) is 7.05 Å². The van der Waals surface area contributed by atoms with Gasteiger partial charge in [0.25, 0.3) is 0 Å². The van der Waals surface area contributed by atoms with Gasteiger partial charge in [0.2, 0.25) is 0 Å². The molecular weight excluding hydrogens is 370 g/mol. The van der Waals surface area contributed by atoms with Crippen molar-refractivity contribution in [3.8, 4) is 0 Å². The van der Waals surface area contributed by atoms with Crippen LogP contribution in [0.25, 0.3) is 0 Å². The molecule has 0 amide bonds. The highest BCUT2D eigenvalue weighted by atomic mass is 79.9. The first-order valence-electron chi connectivity index (χ1n) is 6.27. The van der Waals surface area contributed by atoms with Crippen molar-refractivity contribution in [3.63, 3.8) is 0 Å². The lowest BCUT2D eigenvalue weighted by Gasteiger charge is -2.19. The zero-order valence-electron chi connectivity index (χ0n) is 11.3. The Hall–Kier alpha value is -0.580. The number of nitrogens with one attached hydrogen (secondary N) is 1. The van der Waals surface area contributed by atoms with E-state index >= 15 is 0 Å². The highest BCUT2D eigenvalue weighted by Gasteiger charge is 2.20. The average molecular weight is 387 g/mol. The second-order valence-electron chi connectivity index (χ2n) is 4.50. The highest BCUT2D eigenvalue weighted by Crippen LogP contribution is 2.34. The van der Waals surface area contributed by atoms with Gasteiger partial charge in [-0.15, -0.1) is 0 Å². The van der Waals surface area contributed by atoms with Gasteiger partial charge in [0, 0.05) is 20.9 Å². The highest BCUT2D eigenvalue weighted by molar-refractivity contribution is 9.11. The molecule has 102 valence electrons. The summed E-state index contributed by atoms with van der Waals surface area (Å²) < 4.78 is 7.77. The van der Waals surface area contributed by atoms with Gasteiger partial charge in [0.1, 0.15) is 5.76 Å². The Morgan fingerprint density at radius 2 is 1.95 bits per heavy atom. The lowest BCUT2D eigenvalue weighted by Crippen LogP contribution is -2.19. The molecule has 1 N–H and O–H groups in total. The summed E-state index contributed by atoms with van der Waals surface area (Å²) in [5, 5.41) is 3.37. The molecule has 1 unspecified atom stereocenters. The van der Waals surface area contributed by atoms with Crippen molar-refractivity contribution in [2.45, 2.75) is 26.3 Å². The quantitative estimate of drug-likeness (QED) is 0.801. The molecule has 0 radical (unpaired) electrons. The molecule has 1 atom stereocenters. The summed E-state index contributed by atoms with van der Waals surface area (Å²) in [6.45, 7) is 4.19. The van der Waals surface area contributed by atoms with Crippen LogP contribution < -0.4 is 5.32 Å². The van der Waals surface area contributed by atoms with Gasteiger partial charge in [0.15, 0.2) is 0 Å². The molecule has 1 aromatic carbocycles. The van der Waals surface area contributed by atoms with E-state index < -0.39 is 0 Å². The third kappa shape index (κ3) is 2.96. The molecule has 0 fully saturated rings. The minimum atomic E-state index is 0.125. The van der Waals surface area contributed by atoms with E-state index in [4.69, 9.17) is 4.42 Å². The smallest absolute Gasteiger partial charge is 0.108 e. The molecule has 0 saturated heterocycles. The normalized spacial score (nSPS) is 12.7. The fraction of sp³-hybridized carbons (Fsp3) is 0.333. The van der Waals surface area contributed by atoms with Gasteiger partial charge in [-0.05, 0) is 43.3 Å². The average Bonchev–Trinajstić information content (AvgIpc) is 2.84. The predicted octanol–water partition coefficient (Wildman–Crippen LogP) is 4.98. The molecule has 0 aliphatic rings. The minimum absolute atomic E-state index is 0.125. The molecule has 2 rings (SSSR count). The van der Waals surface area contributed by atoms with Crippen molar-refractivity contribution < 1.29 is 4.42 Å². The van der Waals surface area contributed by atoms with Crippen molar-refractivity contribution >= 4 is 31.9 Å². The van der Waals surface area contributed by atoms with Crippen molar-refractivity contribution in [1.82, 2.24) is 5.32 Å². The van der Waals surface area contributed by atoms with Crippen molar-refractivity contribution in [2.24, 2.45) is 0 Å². The third-order valence-electron chi connectivity index (χ3n) is 3.29. The van der Waals surface area contributed by atoms with E-state index in [1.54, 1.807) is 6.26 Å². The number of hydrogen-bond acceptors (Lipinski definition) is 2. The van der Waals surface area contributed by atoms with Gasteiger partial charge in [-0.25, -0.2) is 0 Å². The first-order valence-corrected chi connectivity index (χ1v) is 7.86. The van der Waals surface area contributed by atoms with Gasteiger partial charge < -0.3 is 9.73 Å². The third-order valence-corrected chi connectivity index (χ3v) is 4.83. The Labute approximate surface area is 130 Å². The fourth-order valence-corrected chi connectivity index (χ4v) is 3.30. The number of rotatable bonds is 4. The fourth-order valence-electron chi connectivity index (χ4n) is 2.26. The summed E-state index contributed by atoms with van der Waals surface area (Å²) in [4.78, 5) is 0. The van der Waals surface area contributed by atoms with Gasteiger partial charge in [0.05, 0.1) is 12.3 Å². The summed E-state index contributed by atoms with van der Waals surface area (Å²) in [6.07, 6.45) is 2.65. The first-order chi connectivity index (χ1) is 9.08. The minimum Gasteiger partial charge on any atom is -0.469 e. The second kappa shape index (κ2) is 6.25. The topological polar surface area (TPSA) is 25.2 Å². The zero-order chi connectivity index (χ0) is 14.0. The predicted molar refractivity (Wildman–Crippen MR) is 85.6 cm³/mol. The molecule has 1 aromatic heterocycles. The Morgan fingerprint density at radius 3 is 2.58 bits per heavy atom. The van der Waals surface area contributed by atoms with E-state index in [1.807, 2.05) is 13.1 Å². The van der Waals surface area contributed by atoms with Crippen LogP contribution in [0, 0.1) is 6.92 Å². The molecule has 0 aliphatic carbocycles. The van der Waals surface area contributed by atoms with Crippen LogP contribution in [0.5, 0.6) is 0 Å². The van der Waals surface area contributed by atoms with E-state index in [-0.39, 0.29) is 6.04 Å². The molecule has 0 saturated carbocycles. The molecule has 2 aromatic rings. The Bertz CT molecular complexity index is 578. The molecule has 2 nitrogen and oxygen atoms in total. The second-order valence-corrected chi connectivity index (χ2v) is 6.21. The van der Waals surface area contributed by atoms with Gasteiger partial charge in [-0.1, -0.05) is 38.8 Å². The van der Waals surface area contributed by atoms with Crippen LogP contribution in [0.2, 0.25) is 0 Å².